The molecule has 0 saturated carbocycles. The summed E-state index contributed by atoms with van der Waals surface area (Å²) in [5.41, 5.74) is 4.14. The van der Waals surface area contributed by atoms with Gasteiger partial charge in [-0.1, -0.05) is 54.6 Å². The van der Waals surface area contributed by atoms with Crippen molar-refractivity contribution in [3.05, 3.63) is 71.3 Å². The van der Waals surface area contributed by atoms with Gasteiger partial charge in [0.2, 0.25) is 0 Å². The van der Waals surface area contributed by atoms with Crippen molar-refractivity contribution >= 4 is 0 Å². The summed E-state index contributed by atoms with van der Waals surface area (Å²) in [5.74, 6) is 0. The van der Waals surface area contributed by atoms with Crippen LogP contribution in [0, 0.1) is 0 Å². The smallest absolute Gasteiger partial charge is 0.0237 e. The number of hydrogen-bond acceptors (Lipinski definition) is 2. The van der Waals surface area contributed by atoms with Crippen LogP contribution >= 0.6 is 0 Å². The zero-order chi connectivity index (χ0) is 13.5. The lowest BCUT2D eigenvalue weighted by molar-refractivity contribution is 0.318. The van der Waals surface area contributed by atoms with Gasteiger partial charge in [0.1, 0.15) is 0 Å². The fourth-order valence-corrected chi connectivity index (χ4v) is 2.32. The maximum Gasteiger partial charge on any atom is 0.0237 e. The van der Waals surface area contributed by atoms with Crippen LogP contribution in [0.25, 0.3) is 0 Å². The summed E-state index contributed by atoms with van der Waals surface area (Å²) in [6.07, 6.45) is 0. The van der Waals surface area contributed by atoms with E-state index in [-0.39, 0.29) is 0 Å². The molecule has 0 aliphatic carbocycles. The van der Waals surface area contributed by atoms with Gasteiger partial charge in [0.15, 0.2) is 0 Å². The Labute approximate surface area is 116 Å². The van der Waals surface area contributed by atoms with Gasteiger partial charge in [0, 0.05) is 19.6 Å². The summed E-state index contributed by atoms with van der Waals surface area (Å²) < 4.78 is 0. The third kappa shape index (κ3) is 4.19. The second-order valence-corrected chi connectivity index (χ2v) is 4.96. The van der Waals surface area contributed by atoms with Crippen molar-refractivity contribution in [1.82, 2.24) is 10.2 Å². The van der Waals surface area contributed by atoms with Crippen LogP contribution in [-0.4, -0.2) is 19.0 Å². The van der Waals surface area contributed by atoms with Gasteiger partial charge in [-0.15, -0.1) is 0 Å². The van der Waals surface area contributed by atoms with E-state index < -0.39 is 0 Å². The molecule has 0 aromatic heterocycles. The SMILES string of the molecule is CNCc1ccccc1CN(C)Cc1ccccc1. The average Bonchev–Trinajstić information content (AvgIpc) is 2.42. The second kappa shape index (κ2) is 7.07. The van der Waals surface area contributed by atoms with E-state index in [0.29, 0.717) is 0 Å². The Kier molecular flexibility index (Phi) is 5.13. The predicted molar refractivity (Wildman–Crippen MR) is 80.8 cm³/mol. The molecular formula is C17H22N2. The maximum absolute atomic E-state index is 3.23. The Morgan fingerprint density at radius 2 is 1.47 bits per heavy atom. The van der Waals surface area contributed by atoms with Crippen molar-refractivity contribution in [2.45, 2.75) is 19.6 Å². The molecule has 0 heterocycles. The lowest BCUT2D eigenvalue weighted by Crippen LogP contribution is -2.19. The molecule has 19 heavy (non-hydrogen) atoms. The van der Waals surface area contributed by atoms with Crippen LogP contribution in [-0.2, 0) is 19.6 Å². The molecule has 0 spiro atoms. The Balaban J connectivity index is 2.00. The van der Waals surface area contributed by atoms with Crippen LogP contribution in [0.4, 0.5) is 0 Å². The lowest BCUT2D eigenvalue weighted by Gasteiger charge is -2.19. The summed E-state index contributed by atoms with van der Waals surface area (Å²) >= 11 is 0. The van der Waals surface area contributed by atoms with E-state index in [9.17, 15) is 0 Å². The highest BCUT2D eigenvalue weighted by molar-refractivity contribution is 5.27. The number of rotatable bonds is 6. The van der Waals surface area contributed by atoms with E-state index in [0.717, 1.165) is 19.6 Å². The second-order valence-electron chi connectivity index (χ2n) is 4.96. The summed E-state index contributed by atoms with van der Waals surface area (Å²) in [7, 11) is 4.16. The van der Waals surface area contributed by atoms with Crippen molar-refractivity contribution in [2.24, 2.45) is 0 Å². The summed E-state index contributed by atoms with van der Waals surface area (Å²) in [4.78, 5) is 2.35. The van der Waals surface area contributed by atoms with Gasteiger partial charge < -0.3 is 5.32 Å². The first-order chi connectivity index (χ1) is 9.29. The topological polar surface area (TPSA) is 15.3 Å². The molecule has 0 bridgehead atoms. The first-order valence-electron chi connectivity index (χ1n) is 6.73. The van der Waals surface area contributed by atoms with Crippen LogP contribution in [0.1, 0.15) is 16.7 Å². The maximum atomic E-state index is 3.23. The zero-order valence-corrected chi connectivity index (χ0v) is 11.8. The van der Waals surface area contributed by atoms with Crippen LogP contribution in [0.3, 0.4) is 0 Å². The highest BCUT2D eigenvalue weighted by Gasteiger charge is 2.05. The van der Waals surface area contributed by atoms with Crippen molar-refractivity contribution in [2.75, 3.05) is 14.1 Å². The third-order valence-corrected chi connectivity index (χ3v) is 3.22. The average molecular weight is 254 g/mol. The molecule has 2 nitrogen and oxygen atoms in total. The summed E-state index contributed by atoms with van der Waals surface area (Å²) in [5, 5.41) is 3.23. The molecular weight excluding hydrogens is 232 g/mol. The zero-order valence-electron chi connectivity index (χ0n) is 11.8. The molecule has 2 aromatic rings. The first-order valence-corrected chi connectivity index (χ1v) is 6.73. The van der Waals surface area contributed by atoms with E-state index in [1.54, 1.807) is 0 Å². The third-order valence-electron chi connectivity index (χ3n) is 3.22. The van der Waals surface area contributed by atoms with Gasteiger partial charge in [0.05, 0.1) is 0 Å². The van der Waals surface area contributed by atoms with Crippen molar-refractivity contribution in [1.29, 1.82) is 0 Å². The van der Waals surface area contributed by atoms with Crippen LogP contribution in [0.15, 0.2) is 54.6 Å². The van der Waals surface area contributed by atoms with Gasteiger partial charge in [-0.2, -0.15) is 0 Å². The standard InChI is InChI=1S/C17H22N2/c1-18-12-16-10-6-7-11-17(16)14-19(2)13-15-8-4-3-5-9-15/h3-11,18H,12-14H2,1-2H3. The Morgan fingerprint density at radius 3 is 2.16 bits per heavy atom. The van der Waals surface area contributed by atoms with Gasteiger partial charge in [0.25, 0.3) is 0 Å². The molecule has 0 aliphatic rings. The quantitative estimate of drug-likeness (QED) is 0.852. The summed E-state index contributed by atoms with van der Waals surface area (Å²) in [6, 6.07) is 19.2. The fourth-order valence-electron chi connectivity index (χ4n) is 2.32. The van der Waals surface area contributed by atoms with E-state index >= 15 is 0 Å². The molecule has 0 amide bonds. The minimum absolute atomic E-state index is 0.926. The molecule has 0 fully saturated rings. The van der Waals surface area contributed by atoms with E-state index in [1.165, 1.54) is 16.7 Å². The highest BCUT2D eigenvalue weighted by atomic mass is 15.1. The van der Waals surface area contributed by atoms with Gasteiger partial charge >= 0.3 is 0 Å². The van der Waals surface area contributed by atoms with Crippen LogP contribution in [0.2, 0.25) is 0 Å². The van der Waals surface area contributed by atoms with Gasteiger partial charge in [-0.25, -0.2) is 0 Å². The molecule has 0 atom stereocenters. The number of benzene rings is 2. The molecule has 1 N–H and O–H groups in total. The Morgan fingerprint density at radius 1 is 0.842 bits per heavy atom. The largest absolute Gasteiger partial charge is 0.316 e. The fraction of sp³-hybridized carbons (Fsp3) is 0.294. The van der Waals surface area contributed by atoms with Crippen LogP contribution < -0.4 is 5.32 Å². The van der Waals surface area contributed by atoms with Crippen molar-refractivity contribution in [3.8, 4) is 0 Å². The molecule has 2 heteroatoms. The predicted octanol–water partition coefficient (Wildman–Crippen LogP) is 3.04. The molecule has 0 saturated heterocycles. The molecule has 100 valence electrons. The van der Waals surface area contributed by atoms with E-state index in [2.05, 4.69) is 71.9 Å². The van der Waals surface area contributed by atoms with Crippen molar-refractivity contribution in [3.63, 3.8) is 0 Å². The number of hydrogen-bond donors (Lipinski definition) is 1. The minimum Gasteiger partial charge on any atom is -0.316 e. The van der Waals surface area contributed by atoms with Gasteiger partial charge in [-0.05, 0) is 30.8 Å². The number of nitrogens with one attached hydrogen (secondary N) is 1. The molecule has 0 unspecified atom stereocenters. The minimum atomic E-state index is 0.926. The summed E-state index contributed by atoms with van der Waals surface area (Å²) in [6.45, 7) is 2.89. The molecule has 2 rings (SSSR count). The normalized spacial score (nSPS) is 10.9. The monoisotopic (exact) mass is 254 g/mol. The molecule has 2 aromatic carbocycles. The van der Waals surface area contributed by atoms with E-state index in [1.807, 2.05) is 7.05 Å². The Bertz CT molecular complexity index is 494. The van der Waals surface area contributed by atoms with Crippen LogP contribution in [0.5, 0.6) is 0 Å². The van der Waals surface area contributed by atoms with Gasteiger partial charge in [-0.3, -0.25) is 4.90 Å². The van der Waals surface area contributed by atoms with E-state index in [4.69, 9.17) is 0 Å². The molecule has 0 radical (unpaired) electrons. The first kappa shape index (κ1) is 13.8. The highest BCUT2D eigenvalue weighted by Crippen LogP contribution is 2.12. The Hall–Kier alpha value is -1.64. The lowest BCUT2D eigenvalue weighted by atomic mass is 10.1. The molecule has 0 aliphatic heterocycles. The van der Waals surface area contributed by atoms with Crippen molar-refractivity contribution < 1.29 is 0 Å². The number of nitrogens with zero attached hydrogens (tertiary/aromatic N) is 1.